The van der Waals surface area contributed by atoms with Crippen LogP contribution in [0.1, 0.15) is 16.8 Å². The first-order valence-corrected chi connectivity index (χ1v) is 6.21. The number of halogens is 1. The van der Waals surface area contributed by atoms with Crippen molar-refractivity contribution in [2.45, 2.75) is 18.6 Å². The zero-order valence-corrected chi connectivity index (χ0v) is 10.3. The van der Waals surface area contributed by atoms with E-state index < -0.39 is 0 Å². The number of nitrogens with zero attached hydrogens (tertiary/aromatic N) is 1. The summed E-state index contributed by atoms with van der Waals surface area (Å²) in [4.78, 5) is 14.2. The number of hydrogen-bond acceptors (Lipinski definition) is 2. The number of benzene rings is 1. The SMILES string of the molecule is O=C(c1cccc(Br)c1)N1C[C@H]2C[C@@H]1CO2. The normalized spacial score (nSPS) is 27.4. The van der Waals surface area contributed by atoms with E-state index in [1.807, 2.05) is 29.2 Å². The zero-order chi connectivity index (χ0) is 11.1. The molecule has 2 aliphatic rings. The van der Waals surface area contributed by atoms with Gasteiger partial charge < -0.3 is 9.64 Å². The highest BCUT2D eigenvalue weighted by Crippen LogP contribution is 2.29. The predicted molar refractivity (Wildman–Crippen MR) is 63.3 cm³/mol. The Morgan fingerprint density at radius 3 is 3.00 bits per heavy atom. The van der Waals surface area contributed by atoms with Crippen LogP contribution in [0.4, 0.5) is 0 Å². The Labute approximate surface area is 103 Å². The van der Waals surface area contributed by atoms with Gasteiger partial charge in [-0.2, -0.15) is 0 Å². The lowest BCUT2D eigenvalue weighted by molar-refractivity contribution is 0.0259. The first kappa shape index (κ1) is 10.3. The molecule has 1 aromatic carbocycles. The second kappa shape index (κ2) is 3.86. The minimum Gasteiger partial charge on any atom is -0.374 e. The Morgan fingerprint density at radius 1 is 1.50 bits per heavy atom. The molecule has 2 saturated heterocycles. The minimum atomic E-state index is 0.122. The monoisotopic (exact) mass is 281 g/mol. The summed E-state index contributed by atoms with van der Waals surface area (Å²) in [6, 6.07) is 7.84. The van der Waals surface area contributed by atoms with Crippen molar-refractivity contribution < 1.29 is 9.53 Å². The first-order valence-electron chi connectivity index (χ1n) is 5.42. The highest BCUT2D eigenvalue weighted by atomic mass is 79.9. The molecule has 0 unspecified atom stereocenters. The van der Waals surface area contributed by atoms with Crippen molar-refractivity contribution in [2.24, 2.45) is 0 Å². The molecule has 2 bridgehead atoms. The molecule has 0 spiro atoms. The second-order valence-corrected chi connectivity index (χ2v) is 5.23. The van der Waals surface area contributed by atoms with Gasteiger partial charge in [0.25, 0.3) is 5.91 Å². The topological polar surface area (TPSA) is 29.5 Å². The Bertz CT molecular complexity index is 435. The average Bonchev–Trinajstić information content (AvgIpc) is 2.89. The van der Waals surface area contributed by atoms with Gasteiger partial charge >= 0.3 is 0 Å². The summed E-state index contributed by atoms with van der Waals surface area (Å²) in [5.41, 5.74) is 0.752. The van der Waals surface area contributed by atoms with Gasteiger partial charge in [-0.05, 0) is 24.6 Å². The molecule has 0 aromatic heterocycles. The van der Waals surface area contributed by atoms with Crippen molar-refractivity contribution in [3.8, 4) is 0 Å². The van der Waals surface area contributed by atoms with Crippen LogP contribution in [0, 0.1) is 0 Å². The van der Waals surface area contributed by atoms with Gasteiger partial charge in [0.15, 0.2) is 0 Å². The van der Waals surface area contributed by atoms with Crippen LogP contribution in [0.3, 0.4) is 0 Å². The van der Waals surface area contributed by atoms with E-state index in [0.29, 0.717) is 6.61 Å². The van der Waals surface area contributed by atoms with Crippen molar-refractivity contribution in [2.75, 3.05) is 13.2 Å². The summed E-state index contributed by atoms with van der Waals surface area (Å²) in [5.74, 6) is 0.122. The van der Waals surface area contributed by atoms with Gasteiger partial charge in [0.05, 0.1) is 18.8 Å². The Kier molecular flexibility index (Phi) is 2.48. The predicted octanol–water partition coefficient (Wildman–Crippen LogP) is 2.06. The highest BCUT2D eigenvalue weighted by Gasteiger charge is 2.41. The van der Waals surface area contributed by atoms with Gasteiger partial charge in [-0.15, -0.1) is 0 Å². The third kappa shape index (κ3) is 1.66. The quantitative estimate of drug-likeness (QED) is 0.789. The lowest BCUT2D eigenvalue weighted by Gasteiger charge is -2.26. The Hall–Kier alpha value is -0.870. The number of fused-ring (bicyclic) bond motifs is 2. The van der Waals surface area contributed by atoms with E-state index >= 15 is 0 Å². The van der Waals surface area contributed by atoms with Crippen LogP contribution in [0.5, 0.6) is 0 Å². The highest BCUT2D eigenvalue weighted by molar-refractivity contribution is 9.10. The van der Waals surface area contributed by atoms with Crippen LogP contribution in [-0.4, -0.2) is 36.1 Å². The van der Waals surface area contributed by atoms with E-state index in [1.54, 1.807) is 0 Å². The van der Waals surface area contributed by atoms with Crippen molar-refractivity contribution in [3.05, 3.63) is 34.3 Å². The van der Waals surface area contributed by atoms with E-state index in [1.165, 1.54) is 0 Å². The number of rotatable bonds is 1. The van der Waals surface area contributed by atoms with Crippen molar-refractivity contribution in [1.82, 2.24) is 4.90 Å². The van der Waals surface area contributed by atoms with Crippen molar-refractivity contribution >= 4 is 21.8 Å². The third-order valence-corrected chi connectivity index (χ3v) is 3.73. The number of carbonyl (C=O) groups is 1. The third-order valence-electron chi connectivity index (χ3n) is 3.23. The number of hydrogen-bond donors (Lipinski definition) is 0. The Morgan fingerprint density at radius 2 is 2.38 bits per heavy atom. The maximum Gasteiger partial charge on any atom is 0.254 e. The van der Waals surface area contributed by atoms with E-state index in [-0.39, 0.29) is 18.1 Å². The maximum atomic E-state index is 12.2. The lowest BCUT2D eigenvalue weighted by atomic mass is 10.2. The van der Waals surface area contributed by atoms with E-state index in [2.05, 4.69) is 15.9 Å². The molecule has 2 atom stereocenters. The van der Waals surface area contributed by atoms with Gasteiger partial charge in [0.2, 0.25) is 0 Å². The molecule has 84 valence electrons. The molecule has 1 amide bonds. The molecule has 3 rings (SSSR count). The summed E-state index contributed by atoms with van der Waals surface area (Å²) in [6.45, 7) is 1.44. The van der Waals surface area contributed by atoms with Crippen molar-refractivity contribution in [1.29, 1.82) is 0 Å². The molecule has 2 aliphatic heterocycles. The van der Waals surface area contributed by atoms with Crippen LogP contribution in [-0.2, 0) is 4.74 Å². The van der Waals surface area contributed by atoms with Crippen LogP contribution in [0.2, 0.25) is 0 Å². The van der Waals surface area contributed by atoms with Gasteiger partial charge in [-0.1, -0.05) is 22.0 Å². The van der Waals surface area contributed by atoms with Crippen LogP contribution in [0.25, 0.3) is 0 Å². The van der Waals surface area contributed by atoms with E-state index in [0.717, 1.165) is 23.0 Å². The van der Waals surface area contributed by atoms with Crippen LogP contribution < -0.4 is 0 Å². The fourth-order valence-electron chi connectivity index (χ4n) is 2.44. The summed E-state index contributed by atoms with van der Waals surface area (Å²) < 4.78 is 6.43. The first-order chi connectivity index (χ1) is 7.74. The molecule has 0 aliphatic carbocycles. The van der Waals surface area contributed by atoms with E-state index in [4.69, 9.17) is 4.74 Å². The fourth-order valence-corrected chi connectivity index (χ4v) is 2.83. The summed E-state index contributed by atoms with van der Waals surface area (Å²) in [5, 5.41) is 0. The Balaban J connectivity index is 1.83. The minimum absolute atomic E-state index is 0.122. The number of likely N-dealkylation sites (tertiary alicyclic amines) is 1. The zero-order valence-electron chi connectivity index (χ0n) is 8.73. The van der Waals surface area contributed by atoms with Gasteiger partial charge in [0, 0.05) is 16.6 Å². The average molecular weight is 282 g/mol. The van der Waals surface area contributed by atoms with Gasteiger partial charge in [-0.25, -0.2) is 0 Å². The number of ether oxygens (including phenoxy) is 1. The van der Waals surface area contributed by atoms with Gasteiger partial charge in [-0.3, -0.25) is 4.79 Å². The van der Waals surface area contributed by atoms with Gasteiger partial charge in [0.1, 0.15) is 0 Å². The smallest absolute Gasteiger partial charge is 0.254 e. The fraction of sp³-hybridized carbons (Fsp3) is 0.417. The molecule has 0 saturated carbocycles. The number of morpholine rings is 1. The summed E-state index contributed by atoms with van der Waals surface area (Å²) in [7, 11) is 0. The molecular weight excluding hydrogens is 270 g/mol. The molecule has 4 heteroatoms. The molecule has 0 N–H and O–H groups in total. The molecule has 2 heterocycles. The molecule has 1 aromatic rings. The maximum absolute atomic E-state index is 12.2. The lowest BCUT2D eigenvalue weighted by Crippen LogP contribution is -2.41. The summed E-state index contributed by atoms with van der Waals surface area (Å²) in [6.07, 6.45) is 1.26. The van der Waals surface area contributed by atoms with E-state index in [9.17, 15) is 4.79 Å². The largest absolute Gasteiger partial charge is 0.374 e. The molecule has 2 fully saturated rings. The molecule has 3 nitrogen and oxygen atoms in total. The summed E-state index contributed by atoms with van der Waals surface area (Å²) >= 11 is 3.38. The number of carbonyl (C=O) groups excluding carboxylic acids is 1. The van der Waals surface area contributed by atoms with Crippen molar-refractivity contribution in [3.63, 3.8) is 0 Å². The standard InChI is InChI=1S/C12H12BrNO2/c13-9-3-1-2-8(4-9)12(15)14-6-11-5-10(14)7-16-11/h1-4,10-11H,5-7H2/t10-,11-/m1/s1. The van der Waals surface area contributed by atoms with Crippen LogP contribution >= 0.6 is 15.9 Å². The second-order valence-electron chi connectivity index (χ2n) is 4.31. The molecular formula is C12H12BrNO2. The molecule has 0 radical (unpaired) electrons. The van der Waals surface area contributed by atoms with Crippen LogP contribution in [0.15, 0.2) is 28.7 Å². The number of amides is 1. The molecule has 16 heavy (non-hydrogen) atoms.